The second-order valence-corrected chi connectivity index (χ2v) is 10.5. The first-order valence-electron chi connectivity index (χ1n) is 13.3. The van der Waals surface area contributed by atoms with Crippen LogP contribution in [0.2, 0.25) is 0 Å². The van der Waals surface area contributed by atoms with E-state index in [0.29, 0.717) is 29.8 Å². The Kier molecular flexibility index (Phi) is 7.49. The monoisotopic (exact) mass is 527 g/mol. The van der Waals surface area contributed by atoms with Crippen molar-refractivity contribution in [2.24, 2.45) is 5.92 Å². The van der Waals surface area contributed by atoms with E-state index >= 15 is 0 Å². The predicted octanol–water partition coefficient (Wildman–Crippen LogP) is 6.18. The molecule has 0 aliphatic heterocycles. The number of aromatic nitrogens is 1. The van der Waals surface area contributed by atoms with Gasteiger partial charge >= 0.3 is 0 Å². The summed E-state index contributed by atoms with van der Waals surface area (Å²) in [4.78, 5) is 30.7. The van der Waals surface area contributed by atoms with Gasteiger partial charge in [0.2, 0.25) is 0 Å². The molecule has 202 valence electrons. The van der Waals surface area contributed by atoms with Crippen molar-refractivity contribution >= 4 is 34.0 Å². The molecule has 2 heterocycles. The molecular weight excluding hydrogens is 494 g/mol. The Hall–Kier alpha value is -4.40. The smallest absolute Gasteiger partial charge is 0.287 e. The molecule has 9 heteroatoms. The Morgan fingerprint density at radius 3 is 2.59 bits per heavy atom. The Bertz CT molecular complexity index is 1500. The first-order chi connectivity index (χ1) is 18.8. The topological polar surface area (TPSA) is 114 Å². The van der Waals surface area contributed by atoms with E-state index in [1.165, 1.54) is 6.07 Å². The Morgan fingerprint density at radius 2 is 1.85 bits per heavy atom. The van der Waals surface area contributed by atoms with E-state index < -0.39 is 4.92 Å². The highest BCUT2D eigenvalue weighted by Gasteiger charge is 2.24. The highest BCUT2D eigenvalue weighted by molar-refractivity contribution is 5.93. The third-order valence-corrected chi connectivity index (χ3v) is 7.37. The van der Waals surface area contributed by atoms with Crippen LogP contribution in [0.5, 0.6) is 0 Å². The van der Waals surface area contributed by atoms with Crippen LogP contribution in [0.25, 0.3) is 22.2 Å². The first-order valence-corrected chi connectivity index (χ1v) is 13.3. The van der Waals surface area contributed by atoms with E-state index in [0.717, 1.165) is 53.7 Å². The number of nitrogens with one attached hydrogen (secondary N) is 2. The maximum Gasteiger partial charge on any atom is 0.287 e. The summed E-state index contributed by atoms with van der Waals surface area (Å²) >= 11 is 0. The summed E-state index contributed by atoms with van der Waals surface area (Å²) in [6.07, 6.45) is 3.97. The van der Waals surface area contributed by atoms with Crippen LogP contribution in [-0.2, 0) is 0 Å². The average Bonchev–Trinajstić information content (AvgIpc) is 3.42. The number of benzene rings is 2. The van der Waals surface area contributed by atoms with Gasteiger partial charge < -0.3 is 20.0 Å². The molecule has 2 N–H and O–H groups in total. The van der Waals surface area contributed by atoms with E-state index in [4.69, 9.17) is 9.40 Å². The van der Waals surface area contributed by atoms with Crippen molar-refractivity contribution in [1.29, 1.82) is 0 Å². The molecule has 9 nitrogen and oxygen atoms in total. The second kappa shape index (κ2) is 11.1. The first kappa shape index (κ1) is 26.2. The zero-order valence-corrected chi connectivity index (χ0v) is 22.4. The molecule has 1 fully saturated rings. The Morgan fingerprint density at radius 1 is 1.08 bits per heavy atom. The van der Waals surface area contributed by atoms with Crippen LogP contribution in [0.4, 0.5) is 17.2 Å². The molecule has 1 amide bonds. The molecule has 1 saturated carbocycles. The number of carbonyl (C=O) groups excluding carboxylic acids is 1. The summed E-state index contributed by atoms with van der Waals surface area (Å²) in [6, 6.07) is 18.7. The predicted molar refractivity (Wildman–Crippen MR) is 153 cm³/mol. The largest absolute Gasteiger partial charge is 0.451 e. The van der Waals surface area contributed by atoms with Crippen LogP contribution in [0.3, 0.4) is 0 Å². The number of nitro benzene ring substituents is 1. The van der Waals surface area contributed by atoms with Gasteiger partial charge in [-0.05, 0) is 68.4 Å². The fraction of sp³-hybridized carbons (Fsp3) is 0.333. The lowest BCUT2D eigenvalue weighted by molar-refractivity contribution is -0.384. The third-order valence-electron chi connectivity index (χ3n) is 7.37. The SMILES string of the molecule is Cc1ccc(-c2ccc(C(=O)NCC3CCC(Nc4cc(N(C)C)c5ccccc5n4)CC3)o2)c([N+](=O)[O-])c1. The highest BCUT2D eigenvalue weighted by atomic mass is 16.6. The number of pyridine rings is 1. The van der Waals surface area contributed by atoms with Crippen LogP contribution in [-0.4, -0.2) is 42.5 Å². The van der Waals surface area contributed by atoms with Gasteiger partial charge in [0.15, 0.2) is 5.76 Å². The molecule has 2 aromatic heterocycles. The quantitative estimate of drug-likeness (QED) is 0.208. The van der Waals surface area contributed by atoms with E-state index in [2.05, 4.69) is 27.7 Å². The van der Waals surface area contributed by atoms with Crippen LogP contribution >= 0.6 is 0 Å². The van der Waals surface area contributed by atoms with Crippen LogP contribution in [0.1, 0.15) is 41.8 Å². The Labute approximate surface area is 227 Å². The lowest BCUT2D eigenvalue weighted by Gasteiger charge is -2.30. The van der Waals surface area contributed by atoms with E-state index in [9.17, 15) is 14.9 Å². The molecule has 0 spiro atoms. The molecule has 1 aliphatic rings. The molecule has 0 atom stereocenters. The third kappa shape index (κ3) is 5.87. The molecule has 39 heavy (non-hydrogen) atoms. The van der Waals surface area contributed by atoms with Crippen LogP contribution < -0.4 is 15.5 Å². The number of aryl methyl sites for hydroxylation is 1. The maximum absolute atomic E-state index is 12.7. The zero-order chi connectivity index (χ0) is 27.5. The van der Waals surface area contributed by atoms with Gasteiger partial charge in [0.1, 0.15) is 11.6 Å². The number of para-hydroxylation sites is 1. The van der Waals surface area contributed by atoms with Crippen molar-refractivity contribution < 1.29 is 14.1 Å². The number of carbonyl (C=O) groups is 1. The van der Waals surface area contributed by atoms with Gasteiger partial charge in [-0.3, -0.25) is 14.9 Å². The summed E-state index contributed by atoms with van der Waals surface area (Å²) in [7, 11) is 4.09. The molecule has 1 aliphatic carbocycles. The minimum Gasteiger partial charge on any atom is -0.451 e. The lowest BCUT2D eigenvalue weighted by atomic mass is 9.86. The number of anilines is 2. The Balaban J connectivity index is 1.15. The summed E-state index contributed by atoms with van der Waals surface area (Å²) in [5.74, 6) is 1.40. The van der Waals surface area contributed by atoms with Gasteiger partial charge in [-0.1, -0.05) is 24.3 Å². The fourth-order valence-electron chi connectivity index (χ4n) is 5.25. The van der Waals surface area contributed by atoms with Crippen molar-refractivity contribution in [3.05, 3.63) is 82.1 Å². The maximum atomic E-state index is 12.7. The molecule has 4 aromatic rings. The molecule has 0 radical (unpaired) electrons. The molecule has 0 bridgehead atoms. The number of nitro groups is 1. The number of fused-ring (bicyclic) bond motifs is 1. The van der Waals surface area contributed by atoms with Crippen molar-refractivity contribution in [1.82, 2.24) is 10.3 Å². The minimum atomic E-state index is -0.437. The number of nitrogens with zero attached hydrogens (tertiary/aromatic N) is 3. The molecule has 2 aromatic carbocycles. The van der Waals surface area contributed by atoms with Crippen molar-refractivity contribution in [2.45, 2.75) is 38.6 Å². The summed E-state index contributed by atoms with van der Waals surface area (Å²) in [5.41, 5.74) is 3.21. The average molecular weight is 528 g/mol. The van der Waals surface area contributed by atoms with Crippen molar-refractivity contribution in [3.63, 3.8) is 0 Å². The van der Waals surface area contributed by atoms with Gasteiger partial charge in [0.25, 0.3) is 11.6 Å². The summed E-state index contributed by atoms with van der Waals surface area (Å²) in [6.45, 7) is 2.36. The molecule has 5 rings (SSSR count). The van der Waals surface area contributed by atoms with Crippen molar-refractivity contribution in [2.75, 3.05) is 30.9 Å². The van der Waals surface area contributed by atoms with E-state index in [1.807, 2.05) is 32.3 Å². The van der Waals surface area contributed by atoms with E-state index in [1.54, 1.807) is 31.2 Å². The standard InChI is InChI=1S/C30H33N5O4/c1-19-8-13-23(26(16-19)35(37)38)27-14-15-28(39-27)30(36)31-18-20-9-11-21(12-10-20)32-29-17-25(34(2)3)22-6-4-5-7-24(22)33-29/h4-8,13-17,20-21H,9-12,18H2,1-3H3,(H,31,36)(H,32,33). The fourth-order valence-corrected chi connectivity index (χ4v) is 5.25. The van der Waals surface area contributed by atoms with Gasteiger partial charge in [-0.15, -0.1) is 0 Å². The van der Waals surface area contributed by atoms with Gasteiger partial charge in [-0.25, -0.2) is 4.98 Å². The van der Waals surface area contributed by atoms with Gasteiger partial charge in [0.05, 0.1) is 16.0 Å². The van der Waals surface area contributed by atoms with E-state index in [-0.39, 0.29) is 17.4 Å². The van der Waals surface area contributed by atoms with Gasteiger partial charge in [0, 0.05) is 49.9 Å². The number of furan rings is 1. The normalized spacial score (nSPS) is 17.1. The molecule has 0 unspecified atom stereocenters. The summed E-state index contributed by atoms with van der Waals surface area (Å²) < 4.78 is 5.71. The zero-order valence-electron chi connectivity index (χ0n) is 22.4. The van der Waals surface area contributed by atoms with Gasteiger partial charge in [-0.2, -0.15) is 0 Å². The molecular formula is C30H33N5O4. The summed E-state index contributed by atoms with van der Waals surface area (Å²) in [5, 5.41) is 19.2. The number of amides is 1. The van der Waals surface area contributed by atoms with Crippen LogP contribution in [0, 0.1) is 23.0 Å². The highest BCUT2D eigenvalue weighted by Crippen LogP contribution is 2.33. The second-order valence-electron chi connectivity index (χ2n) is 10.5. The number of hydrogen-bond acceptors (Lipinski definition) is 7. The van der Waals surface area contributed by atoms with Crippen LogP contribution in [0.15, 0.2) is 65.1 Å². The molecule has 0 saturated heterocycles. The number of hydrogen-bond donors (Lipinski definition) is 2. The van der Waals surface area contributed by atoms with Crippen molar-refractivity contribution in [3.8, 4) is 11.3 Å². The lowest BCUT2D eigenvalue weighted by Crippen LogP contribution is -2.34. The minimum absolute atomic E-state index is 0.0431. The number of rotatable bonds is 8.